The first-order chi connectivity index (χ1) is 12.3. The first-order valence-corrected chi connectivity index (χ1v) is 9.72. The van der Waals surface area contributed by atoms with Gasteiger partial charge in [-0.2, -0.15) is 0 Å². The predicted molar refractivity (Wildman–Crippen MR) is 98.9 cm³/mol. The predicted octanol–water partition coefficient (Wildman–Crippen LogP) is 3.51. The van der Waals surface area contributed by atoms with E-state index in [4.69, 9.17) is 4.42 Å². The standard InChI is InChI=1S/C19H21N3O3S/c1-19(2,3)15-9-11-16(12-10-15)26(23,24)20-13-17-21-22-18(25-17)14-7-5-4-6-8-14/h4-12,20H,13H2,1-3H3. The Balaban J connectivity index is 1.70. The van der Waals surface area contributed by atoms with E-state index in [1.807, 2.05) is 42.5 Å². The lowest BCUT2D eigenvalue weighted by Crippen LogP contribution is -2.23. The van der Waals surface area contributed by atoms with Crippen molar-refractivity contribution in [3.63, 3.8) is 0 Å². The van der Waals surface area contributed by atoms with Gasteiger partial charge >= 0.3 is 0 Å². The minimum Gasteiger partial charge on any atom is -0.419 e. The van der Waals surface area contributed by atoms with E-state index in [-0.39, 0.29) is 22.7 Å². The van der Waals surface area contributed by atoms with E-state index in [2.05, 4.69) is 35.7 Å². The molecule has 6 nitrogen and oxygen atoms in total. The third-order valence-corrected chi connectivity index (χ3v) is 5.35. The number of nitrogens with zero attached hydrogens (tertiary/aromatic N) is 2. The van der Waals surface area contributed by atoms with Gasteiger partial charge in [0.15, 0.2) is 0 Å². The molecule has 1 aromatic heterocycles. The van der Waals surface area contributed by atoms with E-state index < -0.39 is 10.0 Å². The van der Waals surface area contributed by atoms with Gasteiger partial charge in [0.25, 0.3) is 0 Å². The minimum atomic E-state index is -3.65. The fourth-order valence-electron chi connectivity index (χ4n) is 2.40. The van der Waals surface area contributed by atoms with Crippen LogP contribution in [0, 0.1) is 0 Å². The maximum Gasteiger partial charge on any atom is 0.247 e. The molecule has 0 spiro atoms. The molecule has 1 heterocycles. The maximum absolute atomic E-state index is 12.4. The summed E-state index contributed by atoms with van der Waals surface area (Å²) < 4.78 is 32.9. The summed E-state index contributed by atoms with van der Waals surface area (Å²) in [6, 6.07) is 16.2. The van der Waals surface area contributed by atoms with E-state index in [0.717, 1.165) is 11.1 Å². The zero-order valence-corrected chi connectivity index (χ0v) is 15.7. The molecule has 3 rings (SSSR count). The average molecular weight is 371 g/mol. The molecule has 26 heavy (non-hydrogen) atoms. The van der Waals surface area contributed by atoms with Crippen molar-refractivity contribution < 1.29 is 12.8 Å². The van der Waals surface area contributed by atoms with Crippen molar-refractivity contribution in [1.82, 2.24) is 14.9 Å². The van der Waals surface area contributed by atoms with Crippen molar-refractivity contribution in [2.45, 2.75) is 37.6 Å². The van der Waals surface area contributed by atoms with Gasteiger partial charge in [-0.15, -0.1) is 10.2 Å². The Hall–Kier alpha value is -2.51. The Morgan fingerprint density at radius 2 is 1.62 bits per heavy atom. The molecule has 0 fully saturated rings. The Morgan fingerprint density at radius 1 is 0.962 bits per heavy atom. The molecule has 0 bridgehead atoms. The molecule has 136 valence electrons. The highest BCUT2D eigenvalue weighted by molar-refractivity contribution is 7.89. The molecule has 0 saturated carbocycles. The van der Waals surface area contributed by atoms with Crippen LogP contribution in [0.4, 0.5) is 0 Å². The van der Waals surface area contributed by atoms with Crippen molar-refractivity contribution in [3.05, 3.63) is 66.1 Å². The van der Waals surface area contributed by atoms with Gasteiger partial charge in [0.05, 0.1) is 11.4 Å². The van der Waals surface area contributed by atoms with Gasteiger partial charge in [0.1, 0.15) is 0 Å². The van der Waals surface area contributed by atoms with Crippen LogP contribution < -0.4 is 4.72 Å². The van der Waals surface area contributed by atoms with Gasteiger partial charge in [-0.1, -0.05) is 51.1 Å². The van der Waals surface area contributed by atoms with Gasteiger partial charge in [0.2, 0.25) is 21.8 Å². The summed E-state index contributed by atoms with van der Waals surface area (Å²) >= 11 is 0. The third kappa shape index (κ3) is 4.17. The molecule has 2 aromatic carbocycles. The van der Waals surface area contributed by atoms with Crippen LogP contribution in [0.3, 0.4) is 0 Å². The molecule has 0 atom stereocenters. The van der Waals surface area contributed by atoms with Gasteiger partial charge < -0.3 is 4.42 Å². The Kier molecular flexibility index (Phi) is 4.93. The van der Waals surface area contributed by atoms with Crippen molar-refractivity contribution >= 4 is 10.0 Å². The molecule has 0 aliphatic heterocycles. The Morgan fingerprint density at radius 3 is 2.23 bits per heavy atom. The number of hydrogen-bond acceptors (Lipinski definition) is 5. The van der Waals surface area contributed by atoms with Crippen molar-refractivity contribution in [2.75, 3.05) is 0 Å². The minimum absolute atomic E-state index is 0.0344. The van der Waals surface area contributed by atoms with E-state index in [9.17, 15) is 8.42 Å². The number of sulfonamides is 1. The molecular weight excluding hydrogens is 350 g/mol. The Bertz CT molecular complexity index is 973. The molecule has 0 saturated heterocycles. The van der Waals surface area contributed by atoms with Crippen molar-refractivity contribution in [3.8, 4) is 11.5 Å². The molecule has 3 aromatic rings. The summed E-state index contributed by atoms with van der Waals surface area (Å²) in [6.07, 6.45) is 0. The van der Waals surface area contributed by atoms with E-state index in [1.165, 1.54) is 0 Å². The van der Waals surface area contributed by atoms with Gasteiger partial charge in [-0.3, -0.25) is 0 Å². The summed E-state index contributed by atoms with van der Waals surface area (Å²) in [5, 5.41) is 7.84. The molecule has 0 aliphatic carbocycles. The lowest BCUT2D eigenvalue weighted by atomic mass is 9.87. The summed E-state index contributed by atoms with van der Waals surface area (Å²) in [6.45, 7) is 6.17. The topological polar surface area (TPSA) is 85.1 Å². The number of aromatic nitrogens is 2. The normalized spacial score (nSPS) is 12.3. The van der Waals surface area contributed by atoms with Crippen LogP contribution in [-0.4, -0.2) is 18.6 Å². The second-order valence-electron chi connectivity index (χ2n) is 6.97. The third-order valence-electron chi connectivity index (χ3n) is 3.93. The summed E-state index contributed by atoms with van der Waals surface area (Å²) in [5.41, 5.74) is 1.82. The van der Waals surface area contributed by atoms with Crippen molar-refractivity contribution in [1.29, 1.82) is 0 Å². The van der Waals surface area contributed by atoms with Crippen LogP contribution in [-0.2, 0) is 22.0 Å². The monoisotopic (exact) mass is 371 g/mol. The van der Waals surface area contributed by atoms with E-state index >= 15 is 0 Å². The number of rotatable bonds is 5. The highest BCUT2D eigenvalue weighted by Gasteiger charge is 2.18. The fourth-order valence-corrected chi connectivity index (χ4v) is 3.37. The average Bonchev–Trinajstić information content (AvgIpc) is 3.09. The van der Waals surface area contributed by atoms with Gasteiger partial charge in [-0.25, -0.2) is 13.1 Å². The number of benzene rings is 2. The zero-order chi connectivity index (χ0) is 18.8. The molecule has 1 N–H and O–H groups in total. The van der Waals surface area contributed by atoms with Gasteiger partial charge in [-0.05, 0) is 35.2 Å². The van der Waals surface area contributed by atoms with Crippen LogP contribution in [0.1, 0.15) is 32.2 Å². The fraction of sp³-hybridized carbons (Fsp3) is 0.263. The number of nitrogens with one attached hydrogen (secondary N) is 1. The van der Waals surface area contributed by atoms with Crippen LogP contribution in [0.25, 0.3) is 11.5 Å². The molecular formula is C19H21N3O3S. The number of hydrogen-bond donors (Lipinski definition) is 1. The van der Waals surface area contributed by atoms with Crippen LogP contribution in [0.5, 0.6) is 0 Å². The maximum atomic E-state index is 12.4. The lowest BCUT2D eigenvalue weighted by Gasteiger charge is -2.19. The molecule has 0 amide bonds. The summed E-state index contributed by atoms with van der Waals surface area (Å²) in [7, 11) is -3.65. The second-order valence-corrected chi connectivity index (χ2v) is 8.73. The van der Waals surface area contributed by atoms with E-state index in [1.54, 1.807) is 12.1 Å². The zero-order valence-electron chi connectivity index (χ0n) is 14.9. The lowest BCUT2D eigenvalue weighted by molar-refractivity contribution is 0.494. The highest BCUT2D eigenvalue weighted by Crippen LogP contribution is 2.23. The first-order valence-electron chi connectivity index (χ1n) is 8.24. The smallest absolute Gasteiger partial charge is 0.247 e. The molecule has 0 aliphatic rings. The quantitative estimate of drug-likeness (QED) is 0.742. The molecule has 0 unspecified atom stereocenters. The molecule has 0 radical (unpaired) electrons. The Labute approximate surface area is 153 Å². The SMILES string of the molecule is CC(C)(C)c1ccc(S(=O)(=O)NCc2nnc(-c3ccccc3)o2)cc1. The van der Waals surface area contributed by atoms with Crippen LogP contribution >= 0.6 is 0 Å². The highest BCUT2D eigenvalue weighted by atomic mass is 32.2. The largest absolute Gasteiger partial charge is 0.419 e. The van der Waals surface area contributed by atoms with E-state index in [0.29, 0.717) is 5.89 Å². The van der Waals surface area contributed by atoms with Crippen LogP contribution in [0.2, 0.25) is 0 Å². The summed E-state index contributed by atoms with van der Waals surface area (Å²) in [4.78, 5) is 0.202. The first kappa shape index (κ1) is 18.3. The van der Waals surface area contributed by atoms with Gasteiger partial charge in [0, 0.05) is 5.56 Å². The van der Waals surface area contributed by atoms with Crippen LogP contribution in [0.15, 0.2) is 63.9 Å². The van der Waals surface area contributed by atoms with Crippen molar-refractivity contribution in [2.24, 2.45) is 0 Å². The summed E-state index contributed by atoms with van der Waals surface area (Å²) in [5.74, 6) is 0.563. The second kappa shape index (κ2) is 7.01. The molecule has 7 heteroatoms.